The Morgan fingerprint density at radius 3 is 2.25 bits per heavy atom. The summed E-state index contributed by atoms with van der Waals surface area (Å²) in [5.74, 6) is 0.877. The number of alkyl halides is 3. The van der Waals surface area contributed by atoms with Crippen LogP contribution in [-0.4, -0.2) is 4.98 Å². The van der Waals surface area contributed by atoms with E-state index in [9.17, 15) is 13.2 Å². The Hall–Kier alpha value is -3.25. The molecular formula is C22H17F3N2O. The van der Waals surface area contributed by atoms with Crippen LogP contribution >= 0.6 is 0 Å². The van der Waals surface area contributed by atoms with Gasteiger partial charge in [-0.15, -0.1) is 0 Å². The van der Waals surface area contributed by atoms with Gasteiger partial charge in [0.25, 0.3) is 0 Å². The second-order valence-corrected chi connectivity index (χ2v) is 6.39. The fraction of sp³-hybridized carbons (Fsp3) is 0.0909. The summed E-state index contributed by atoms with van der Waals surface area (Å²) in [7, 11) is 0. The molecule has 1 heterocycles. The van der Waals surface area contributed by atoms with Gasteiger partial charge < -0.3 is 15.5 Å². The molecule has 0 aliphatic rings. The molecule has 6 heteroatoms. The van der Waals surface area contributed by atoms with E-state index in [1.807, 2.05) is 42.5 Å². The third kappa shape index (κ3) is 3.46. The first-order valence-electron chi connectivity index (χ1n) is 8.71. The first-order chi connectivity index (χ1) is 13.5. The third-order valence-electron chi connectivity index (χ3n) is 4.55. The fourth-order valence-corrected chi connectivity index (χ4v) is 3.12. The number of halogens is 3. The number of rotatable bonds is 4. The molecule has 4 rings (SSSR count). The van der Waals surface area contributed by atoms with E-state index in [-0.39, 0.29) is 0 Å². The molecule has 0 bridgehead atoms. The number of hydrogen-bond acceptors (Lipinski definition) is 2. The molecule has 0 spiro atoms. The average molecular weight is 382 g/mol. The van der Waals surface area contributed by atoms with E-state index in [1.54, 1.807) is 6.07 Å². The lowest BCUT2D eigenvalue weighted by molar-refractivity contribution is -0.137. The van der Waals surface area contributed by atoms with E-state index in [4.69, 9.17) is 10.5 Å². The van der Waals surface area contributed by atoms with E-state index in [1.165, 1.54) is 12.1 Å². The van der Waals surface area contributed by atoms with Gasteiger partial charge in [0, 0.05) is 17.6 Å². The Kier molecular flexibility index (Phi) is 4.57. The summed E-state index contributed by atoms with van der Waals surface area (Å²) < 4.78 is 44.1. The molecule has 0 atom stereocenters. The van der Waals surface area contributed by atoms with Crippen LogP contribution in [0.4, 0.5) is 13.2 Å². The lowest BCUT2D eigenvalue weighted by Gasteiger charge is -2.10. The number of benzene rings is 3. The summed E-state index contributed by atoms with van der Waals surface area (Å²) in [5.41, 5.74) is 8.85. The maximum absolute atomic E-state index is 12.7. The quantitative estimate of drug-likeness (QED) is 0.448. The van der Waals surface area contributed by atoms with Gasteiger partial charge in [-0.25, -0.2) is 0 Å². The number of ether oxygens (including phenoxy) is 1. The second-order valence-electron chi connectivity index (χ2n) is 6.39. The summed E-state index contributed by atoms with van der Waals surface area (Å²) in [4.78, 5) is 3.38. The first kappa shape index (κ1) is 18.1. The van der Waals surface area contributed by atoms with Crippen LogP contribution in [0, 0.1) is 0 Å². The first-order valence-corrected chi connectivity index (χ1v) is 8.71. The van der Waals surface area contributed by atoms with Crippen LogP contribution < -0.4 is 10.5 Å². The topological polar surface area (TPSA) is 51.0 Å². The van der Waals surface area contributed by atoms with Gasteiger partial charge in [0.15, 0.2) is 0 Å². The molecule has 0 aliphatic carbocycles. The van der Waals surface area contributed by atoms with Gasteiger partial charge in [0.2, 0.25) is 0 Å². The maximum Gasteiger partial charge on any atom is 0.416 e. The SMILES string of the molecule is NCc1ccc(Oc2ccc(C(F)(F)F)cc2)c2cc(-c3ccccc3)[nH]c12. The number of hydrogen-bond donors (Lipinski definition) is 2. The van der Waals surface area contributed by atoms with E-state index in [0.29, 0.717) is 18.0 Å². The molecule has 0 saturated carbocycles. The number of aromatic amines is 1. The Bertz CT molecular complexity index is 1100. The zero-order valence-electron chi connectivity index (χ0n) is 14.8. The van der Waals surface area contributed by atoms with Crippen molar-refractivity contribution in [2.45, 2.75) is 12.7 Å². The molecule has 0 amide bonds. The fourth-order valence-electron chi connectivity index (χ4n) is 3.12. The normalized spacial score (nSPS) is 11.7. The summed E-state index contributed by atoms with van der Waals surface area (Å²) in [6.07, 6.45) is -4.38. The van der Waals surface area contributed by atoms with Gasteiger partial charge in [-0.05, 0) is 47.5 Å². The minimum atomic E-state index is -4.38. The number of fused-ring (bicyclic) bond motifs is 1. The van der Waals surface area contributed by atoms with Crippen LogP contribution in [0.1, 0.15) is 11.1 Å². The molecule has 0 saturated heterocycles. The zero-order valence-corrected chi connectivity index (χ0v) is 14.8. The second kappa shape index (κ2) is 7.05. The van der Waals surface area contributed by atoms with Crippen molar-refractivity contribution in [2.75, 3.05) is 0 Å². The number of aromatic nitrogens is 1. The van der Waals surface area contributed by atoms with Crippen molar-refractivity contribution in [1.82, 2.24) is 4.98 Å². The smallest absolute Gasteiger partial charge is 0.416 e. The molecule has 0 fully saturated rings. The van der Waals surface area contributed by atoms with Gasteiger partial charge in [-0.2, -0.15) is 13.2 Å². The highest BCUT2D eigenvalue weighted by Crippen LogP contribution is 2.36. The highest BCUT2D eigenvalue weighted by atomic mass is 19.4. The minimum absolute atomic E-state index is 0.331. The van der Waals surface area contributed by atoms with E-state index in [0.717, 1.165) is 39.9 Å². The van der Waals surface area contributed by atoms with Crippen LogP contribution in [0.15, 0.2) is 72.8 Å². The predicted octanol–water partition coefficient (Wildman–Crippen LogP) is 6.10. The van der Waals surface area contributed by atoms with E-state index >= 15 is 0 Å². The van der Waals surface area contributed by atoms with Gasteiger partial charge >= 0.3 is 6.18 Å². The molecule has 3 N–H and O–H groups in total. The molecule has 0 radical (unpaired) electrons. The Balaban J connectivity index is 1.74. The van der Waals surface area contributed by atoms with Crippen molar-refractivity contribution in [2.24, 2.45) is 5.73 Å². The molecule has 3 nitrogen and oxygen atoms in total. The van der Waals surface area contributed by atoms with Gasteiger partial charge in [-0.3, -0.25) is 0 Å². The lowest BCUT2D eigenvalue weighted by Crippen LogP contribution is -2.04. The van der Waals surface area contributed by atoms with E-state index < -0.39 is 11.7 Å². The molecule has 0 aliphatic heterocycles. The lowest BCUT2D eigenvalue weighted by atomic mass is 10.1. The molecule has 1 aromatic heterocycles. The summed E-state index contributed by atoms with van der Waals surface area (Å²) in [6.45, 7) is 0.353. The molecule has 0 unspecified atom stereocenters. The summed E-state index contributed by atoms with van der Waals surface area (Å²) in [5, 5.41) is 0.821. The Morgan fingerprint density at radius 1 is 0.893 bits per heavy atom. The van der Waals surface area contributed by atoms with Crippen molar-refractivity contribution >= 4 is 10.9 Å². The highest BCUT2D eigenvalue weighted by molar-refractivity contribution is 5.93. The van der Waals surface area contributed by atoms with Crippen LogP contribution in [-0.2, 0) is 12.7 Å². The van der Waals surface area contributed by atoms with Crippen LogP contribution in [0.3, 0.4) is 0 Å². The Labute approximate surface area is 159 Å². The molecule has 3 aromatic carbocycles. The molecule has 4 aromatic rings. The van der Waals surface area contributed by atoms with Crippen molar-refractivity contribution in [1.29, 1.82) is 0 Å². The largest absolute Gasteiger partial charge is 0.457 e. The minimum Gasteiger partial charge on any atom is -0.457 e. The summed E-state index contributed by atoms with van der Waals surface area (Å²) in [6, 6.07) is 20.1. The van der Waals surface area contributed by atoms with Crippen LogP contribution in [0.5, 0.6) is 11.5 Å². The van der Waals surface area contributed by atoms with Crippen molar-refractivity contribution in [3.05, 3.63) is 83.9 Å². The Morgan fingerprint density at radius 2 is 1.61 bits per heavy atom. The number of nitrogens with one attached hydrogen (secondary N) is 1. The number of H-pyrrole nitrogens is 1. The standard InChI is InChI=1S/C22H17F3N2O/c23-22(24,25)16-7-9-17(10-8-16)28-20-11-6-15(13-26)21-18(20)12-19(27-21)14-4-2-1-3-5-14/h1-12,27H,13,26H2. The van der Waals surface area contributed by atoms with Crippen molar-refractivity contribution in [3.8, 4) is 22.8 Å². The summed E-state index contributed by atoms with van der Waals surface area (Å²) >= 11 is 0. The van der Waals surface area contributed by atoms with E-state index in [2.05, 4.69) is 4.98 Å². The monoisotopic (exact) mass is 382 g/mol. The predicted molar refractivity (Wildman–Crippen MR) is 103 cm³/mol. The maximum atomic E-state index is 12.7. The van der Waals surface area contributed by atoms with Crippen LogP contribution in [0.2, 0.25) is 0 Å². The van der Waals surface area contributed by atoms with Gasteiger partial charge in [0.1, 0.15) is 11.5 Å². The van der Waals surface area contributed by atoms with Crippen LogP contribution in [0.25, 0.3) is 22.2 Å². The molecular weight excluding hydrogens is 365 g/mol. The van der Waals surface area contributed by atoms with Gasteiger partial charge in [-0.1, -0.05) is 36.4 Å². The third-order valence-corrected chi connectivity index (χ3v) is 4.55. The van der Waals surface area contributed by atoms with Crippen molar-refractivity contribution < 1.29 is 17.9 Å². The molecule has 28 heavy (non-hydrogen) atoms. The molecule has 142 valence electrons. The number of nitrogens with two attached hydrogens (primary N) is 1. The highest BCUT2D eigenvalue weighted by Gasteiger charge is 2.30. The van der Waals surface area contributed by atoms with Gasteiger partial charge in [0.05, 0.1) is 11.1 Å². The van der Waals surface area contributed by atoms with Crippen molar-refractivity contribution in [3.63, 3.8) is 0 Å². The average Bonchev–Trinajstić information content (AvgIpc) is 3.15. The zero-order chi connectivity index (χ0) is 19.7.